The fraction of sp³-hybridized carbons (Fsp3) is 0.400. The van der Waals surface area contributed by atoms with E-state index < -0.39 is 0 Å². The summed E-state index contributed by atoms with van der Waals surface area (Å²) in [5, 5.41) is 0. The van der Waals surface area contributed by atoms with Gasteiger partial charge in [0.2, 0.25) is 0 Å². The Balaban J connectivity index is 2.42. The van der Waals surface area contributed by atoms with Gasteiger partial charge in [-0.2, -0.15) is 0 Å². The highest BCUT2D eigenvalue weighted by Gasteiger charge is 2.40. The van der Waals surface area contributed by atoms with Crippen LogP contribution >= 0.6 is 0 Å². The van der Waals surface area contributed by atoms with Crippen molar-refractivity contribution in [2.75, 3.05) is 19.7 Å². The van der Waals surface area contributed by atoms with Crippen molar-refractivity contribution in [2.24, 2.45) is 10.7 Å². The lowest BCUT2D eigenvalue weighted by atomic mass is 9.90. The highest BCUT2D eigenvalue weighted by molar-refractivity contribution is 5.81. The number of nitrogens with two attached hydrogens (primary N) is 1. The molecule has 1 aromatic carbocycles. The zero-order chi connectivity index (χ0) is 13.9. The number of benzene rings is 1. The third-order valence-corrected chi connectivity index (χ3v) is 3.50. The molecule has 0 spiro atoms. The third kappa shape index (κ3) is 2.30. The van der Waals surface area contributed by atoms with Crippen molar-refractivity contribution < 1.29 is 4.74 Å². The summed E-state index contributed by atoms with van der Waals surface area (Å²) in [4.78, 5) is 6.45. The molecule has 4 nitrogen and oxygen atoms in total. The number of nitrogens with zero attached hydrogens (tertiary/aromatic N) is 2. The van der Waals surface area contributed by atoms with Crippen LogP contribution in [0.4, 0.5) is 0 Å². The van der Waals surface area contributed by atoms with Gasteiger partial charge in [-0.1, -0.05) is 24.3 Å². The van der Waals surface area contributed by atoms with Crippen molar-refractivity contribution in [3.05, 3.63) is 42.5 Å². The minimum atomic E-state index is -0.274. The molecule has 1 heterocycles. The Morgan fingerprint density at radius 2 is 2.26 bits per heavy atom. The van der Waals surface area contributed by atoms with Crippen LogP contribution in [0, 0.1) is 0 Å². The van der Waals surface area contributed by atoms with Crippen molar-refractivity contribution >= 4 is 5.96 Å². The van der Waals surface area contributed by atoms with Crippen LogP contribution in [0.15, 0.2) is 41.9 Å². The Kier molecular flexibility index (Phi) is 3.79. The summed E-state index contributed by atoms with van der Waals surface area (Å²) < 4.78 is 5.73. The van der Waals surface area contributed by atoms with E-state index in [1.165, 1.54) is 0 Å². The molecule has 1 atom stereocenters. The Morgan fingerprint density at radius 3 is 2.95 bits per heavy atom. The largest absolute Gasteiger partial charge is 0.494 e. The molecule has 0 fully saturated rings. The minimum Gasteiger partial charge on any atom is -0.494 e. The Hall–Kier alpha value is -1.97. The average Bonchev–Trinajstić information content (AvgIpc) is 2.70. The smallest absolute Gasteiger partial charge is 0.192 e. The number of hydrogen-bond acceptors (Lipinski definition) is 4. The second kappa shape index (κ2) is 5.34. The second-order valence-electron chi connectivity index (χ2n) is 4.78. The van der Waals surface area contributed by atoms with Crippen LogP contribution in [0.1, 0.15) is 19.4 Å². The van der Waals surface area contributed by atoms with Crippen LogP contribution in [0.3, 0.4) is 0 Å². The average molecular weight is 259 g/mol. The van der Waals surface area contributed by atoms with Gasteiger partial charge in [-0.15, -0.1) is 6.58 Å². The van der Waals surface area contributed by atoms with Gasteiger partial charge in [-0.3, -0.25) is 4.99 Å². The Bertz CT molecular complexity index is 498. The summed E-state index contributed by atoms with van der Waals surface area (Å²) in [5.41, 5.74) is 6.83. The van der Waals surface area contributed by atoms with Crippen LogP contribution in [-0.2, 0) is 5.54 Å². The maximum Gasteiger partial charge on any atom is 0.192 e. The molecule has 0 radical (unpaired) electrons. The van der Waals surface area contributed by atoms with Gasteiger partial charge >= 0.3 is 0 Å². The number of para-hydroxylation sites is 1. The molecule has 2 N–H and O–H groups in total. The first-order valence-electron chi connectivity index (χ1n) is 6.54. The van der Waals surface area contributed by atoms with Gasteiger partial charge in [0.15, 0.2) is 5.96 Å². The molecule has 0 bridgehead atoms. The van der Waals surface area contributed by atoms with Crippen LogP contribution in [0.25, 0.3) is 0 Å². The lowest BCUT2D eigenvalue weighted by Gasteiger charge is -2.36. The molecular formula is C15H21N3O. The van der Waals surface area contributed by atoms with Crippen molar-refractivity contribution in [3.8, 4) is 5.75 Å². The van der Waals surface area contributed by atoms with Crippen molar-refractivity contribution in [1.82, 2.24) is 4.90 Å². The zero-order valence-electron chi connectivity index (χ0n) is 11.6. The minimum absolute atomic E-state index is 0.274. The number of hydrogen-bond donors (Lipinski definition) is 1. The van der Waals surface area contributed by atoms with E-state index >= 15 is 0 Å². The molecule has 1 aromatic rings. The molecule has 102 valence electrons. The molecule has 4 heteroatoms. The predicted octanol–water partition coefficient (Wildman–Crippen LogP) is 2.12. The van der Waals surface area contributed by atoms with E-state index in [1.807, 2.05) is 31.2 Å². The third-order valence-electron chi connectivity index (χ3n) is 3.50. The van der Waals surface area contributed by atoms with E-state index in [4.69, 9.17) is 10.5 Å². The molecule has 1 aliphatic heterocycles. The van der Waals surface area contributed by atoms with Crippen molar-refractivity contribution in [3.63, 3.8) is 0 Å². The normalized spacial score (nSPS) is 22.2. The first-order chi connectivity index (χ1) is 9.13. The summed E-state index contributed by atoms with van der Waals surface area (Å²) in [5.74, 6) is 1.46. The van der Waals surface area contributed by atoms with Gasteiger partial charge in [0.05, 0.1) is 18.7 Å². The molecule has 0 saturated carbocycles. The molecule has 1 unspecified atom stereocenters. The summed E-state index contributed by atoms with van der Waals surface area (Å²) in [7, 11) is 0. The summed E-state index contributed by atoms with van der Waals surface area (Å²) in [6, 6.07) is 8.07. The Morgan fingerprint density at radius 1 is 1.53 bits per heavy atom. The first-order valence-corrected chi connectivity index (χ1v) is 6.54. The highest BCUT2D eigenvalue weighted by Crippen LogP contribution is 2.37. The van der Waals surface area contributed by atoms with Gasteiger partial charge in [0, 0.05) is 12.1 Å². The summed E-state index contributed by atoms with van der Waals surface area (Å²) in [6.45, 7) is 9.87. The van der Waals surface area contributed by atoms with E-state index in [9.17, 15) is 0 Å². The second-order valence-corrected chi connectivity index (χ2v) is 4.78. The predicted molar refractivity (Wildman–Crippen MR) is 78.4 cm³/mol. The summed E-state index contributed by atoms with van der Waals surface area (Å²) >= 11 is 0. The molecule has 1 aliphatic rings. The molecule has 19 heavy (non-hydrogen) atoms. The van der Waals surface area contributed by atoms with Crippen LogP contribution < -0.4 is 10.5 Å². The van der Waals surface area contributed by atoms with Gasteiger partial charge in [-0.25, -0.2) is 0 Å². The first kappa shape index (κ1) is 13.5. The van der Waals surface area contributed by atoms with Crippen molar-refractivity contribution in [1.29, 1.82) is 0 Å². The molecule has 0 aromatic heterocycles. The van der Waals surface area contributed by atoms with E-state index in [-0.39, 0.29) is 5.54 Å². The lowest BCUT2D eigenvalue weighted by molar-refractivity contribution is 0.231. The SMILES string of the molecule is C=CCN1C(N)=NCC1(C)c1ccccc1OCC. The fourth-order valence-corrected chi connectivity index (χ4v) is 2.51. The maximum absolute atomic E-state index is 5.99. The summed E-state index contributed by atoms with van der Waals surface area (Å²) in [6.07, 6.45) is 1.84. The van der Waals surface area contributed by atoms with Crippen LogP contribution in [0.5, 0.6) is 5.75 Å². The van der Waals surface area contributed by atoms with Gasteiger partial charge in [-0.05, 0) is 19.9 Å². The fourth-order valence-electron chi connectivity index (χ4n) is 2.51. The van der Waals surface area contributed by atoms with Gasteiger partial charge in [0.25, 0.3) is 0 Å². The van der Waals surface area contributed by atoms with Gasteiger partial charge < -0.3 is 15.4 Å². The Labute approximate surface area is 114 Å². The molecular weight excluding hydrogens is 238 g/mol. The number of guanidine groups is 1. The maximum atomic E-state index is 5.99. The molecule has 0 saturated heterocycles. The quantitative estimate of drug-likeness (QED) is 0.824. The zero-order valence-corrected chi connectivity index (χ0v) is 11.6. The van der Waals surface area contributed by atoms with E-state index in [1.54, 1.807) is 0 Å². The van der Waals surface area contributed by atoms with Crippen molar-refractivity contribution in [2.45, 2.75) is 19.4 Å². The standard InChI is InChI=1S/C15H21N3O/c1-4-10-18-14(16)17-11-15(18,3)12-8-6-7-9-13(12)19-5-2/h4,6-9H,1,5,10-11H2,2-3H3,(H2,16,17). The van der Waals surface area contributed by atoms with E-state index in [2.05, 4.69) is 29.5 Å². The number of ether oxygens (including phenoxy) is 1. The van der Waals surface area contributed by atoms with E-state index in [0.29, 0.717) is 25.7 Å². The van der Waals surface area contributed by atoms with Crippen LogP contribution in [0.2, 0.25) is 0 Å². The number of rotatable bonds is 5. The highest BCUT2D eigenvalue weighted by atomic mass is 16.5. The monoisotopic (exact) mass is 259 g/mol. The molecule has 0 aliphatic carbocycles. The van der Waals surface area contributed by atoms with E-state index in [0.717, 1.165) is 11.3 Å². The topological polar surface area (TPSA) is 50.8 Å². The van der Waals surface area contributed by atoms with Gasteiger partial charge in [0.1, 0.15) is 5.75 Å². The number of aliphatic imine (C=N–C) groups is 1. The van der Waals surface area contributed by atoms with Crippen LogP contribution in [-0.4, -0.2) is 30.6 Å². The molecule has 0 amide bonds. The molecule has 2 rings (SSSR count). The lowest BCUT2D eigenvalue weighted by Crippen LogP contribution is -2.47.